The number of hydrogen-bond acceptors (Lipinski definition) is 1. The summed E-state index contributed by atoms with van der Waals surface area (Å²) in [4.78, 5) is 0. The lowest BCUT2D eigenvalue weighted by Gasteiger charge is -2.05. The fourth-order valence-electron chi connectivity index (χ4n) is 0.821. The molecular formula is C9H10IN. The number of hydrogen-bond donors (Lipinski definition) is 1. The molecule has 0 saturated carbocycles. The number of benzene rings is 1. The molecule has 58 valence electrons. The Labute approximate surface area is 80.4 Å². The van der Waals surface area contributed by atoms with Crippen molar-refractivity contribution in [1.82, 2.24) is 0 Å². The molecule has 0 aromatic heterocycles. The van der Waals surface area contributed by atoms with Crippen LogP contribution in [-0.2, 0) is 0 Å². The van der Waals surface area contributed by atoms with E-state index in [1.807, 2.05) is 24.3 Å². The molecule has 0 fully saturated rings. The zero-order valence-electron chi connectivity index (χ0n) is 6.13. The molecule has 0 aliphatic rings. The molecule has 0 spiro atoms. The number of nitrogens with two attached hydrogens (primary N) is 1. The Balaban J connectivity index is 2.89. The van der Waals surface area contributed by atoms with Gasteiger partial charge in [-0.25, -0.2) is 0 Å². The molecule has 0 aliphatic carbocycles. The summed E-state index contributed by atoms with van der Waals surface area (Å²) in [6.07, 6.45) is 1.74. The van der Waals surface area contributed by atoms with E-state index in [9.17, 15) is 0 Å². The van der Waals surface area contributed by atoms with E-state index in [1.54, 1.807) is 6.08 Å². The normalized spacial score (nSPS) is 12.5. The molecule has 1 rings (SSSR count). The molecule has 0 unspecified atom stereocenters. The smallest absolute Gasteiger partial charge is 0.0478 e. The maximum atomic E-state index is 5.72. The highest BCUT2D eigenvalue weighted by atomic mass is 127. The van der Waals surface area contributed by atoms with Gasteiger partial charge in [-0.15, -0.1) is 6.58 Å². The van der Waals surface area contributed by atoms with Gasteiger partial charge in [-0.3, -0.25) is 0 Å². The van der Waals surface area contributed by atoms with Gasteiger partial charge in [-0.05, 0) is 40.3 Å². The van der Waals surface area contributed by atoms with E-state index in [4.69, 9.17) is 5.73 Å². The second kappa shape index (κ2) is 3.88. The van der Waals surface area contributed by atoms with Gasteiger partial charge in [-0.1, -0.05) is 18.2 Å². The van der Waals surface area contributed by atoms with Crippen molar-refractivity contribution in [3.8, 4) is 0 Å². The molecule has 1 nitrogen and oxygen atoms in total. The minimum absolute atomic E-state index is 0.0352. The second-order valence-electron chi connectivity index (χ2n) is 2.31. The van der Waals surface area contributed by atoms with Gasteiger partial charge < -0.3 is 5.73 Å². The van der Waals surface area contributed by atoms with Crippen LogP contribution in [0.15, 0.2) is 36.9 Å². The van der Waals surface area contributed by atoms with Gasteiger partial charge in [0.05, 0.1) is 0 Å². The lowest BCUT2D eigenvalue weighted by atomic mass is 10.1. The predicted molar refractivity (Wildman–Crippen MR) is 56.3 cm³/mol. The first-order chi connectivity index (χ1) is 5.24. The topological polar surface area (TPSA) is 26.0 Å². The Hall–Kier alpha value is -0.350. The van der Waals surface area contributed by atoms with Gasteiger partial charge >= 0.3 is 0 Å². The average molecular weight is 259 g/mol. The molecule has 0 saturated heterocycles. The highest BCUT2D eigenvalue weighted by molar-refractivity contribution is 14.1. The zero-order valence-corrected chi connectivity index (χ0v) is 8.28. The molecule has 0 radical (unpaired) electrons. The van der Waals surface area contributed by atoms with Crippen molar-refractivity contribution in [2.45, 2.75) is 6.04 Å². The average Bonchev–Trinajstić information content (AvgIpc) is 2.05. The Morgan fingerprint density at radius 3 is 2.36 bits per heavy atom. The minimum Gasteiger partial charge on any atom is -0.321 e. The number of rotatable bonds is 2. The predicted octanol–water partition coefficient (Wildman–Crippen LogP) is 2.48. The lowest BCUT2D eigenvalue weighted by Crippen LogP contribution is -2.05. The molecule has 2 heteroatoms. The van der Waals surface area contributed by atoms with E-state index in [2.05, 4.69) is 29.2 Å². The first-order valence-electron chi connectivity index (χ1n) is 3.37. The largest absolute Gasteiger partial charge is 0.321 e. The minimum atomic E-state index is -0.0352. The first-order valence-corrected chi connectivity index (χ1v) is 4.45. The van der Waals surface area contributed by atoms with Gasteiger partial charge in [0, 0.05) is 9.61 Å². The highest BCUT2D eigenvalue weighted by Gasteiger charge is 1.98. The van der Waals surface area contributed by atoms with Crippen molar-refractivity contribution in [2.75, 3.05) is 0 Å². The van der Waals surface area contributed by atoms with Crippen LogP contribution in [0.2, 0.25) is 0 Å². The van der Waals surface area contributed by atoms with Crippen LogP contribution < -0.4 is 5.73 Å². The summed E-state index contributed by atoms with van der Waals surface area (Å²) < 4.78 is 1.22. The number of halogens is 1. The Morgan fingerprint density at radius 1 is 1.36 bits per heavy atom. The summed E-state index contributed by atoms with van der Waals surface area (Å²) in [5.74, 6) is 0. The van der Waals surface area contributed by atoms with Crippen LogP contribution in [0.25, 0.3) is 0 Å². The van der Waals surface area contributed by atoms with E-state index < -0.39 is 0 Å². The van der Waals surface area contributed by atoms with Crippen LogP contribution in [0.1, 0.15) is 11.6 Å². The zero-order chi connectivity index (χ0) is 8.27. The van der Waals surface area contributed by atoms with E-state index in [0.717, 1.165) is 5.56 Å². The van der Waals surface area contributed by atoms with Gasteiger partial charge in [0.2, 0.25) is 0 Å². The maximum absolute atomic E-state index is 5.72. The van der Waals surface area contributed by atoms with Gasteiger partial charge in [0.25, 0.3) is 0 Å². The quantitative estimate of drug-likeness (QED) is 0.640. The summed E-state index contributed by atoms with van der Waals surface area (Å²) in [5, 5.41) is 0. The molecule has 0 amide bonds. The molecule has 1 aromatic rings. The maximum Gasteiger partial charge on any atom is 0.0478 e. The third kappa shape index (κ3) is 2.31. The van der Waals surface area contributed by atoms with E-state index in [-0.39, 0.29) is 6.04 Å². The summed E-state index contributed by atoms with van der Waals surface area (Å²) in [6.45, 7) is 3.63. The van der Waals surface area contributed by atoms with Crippen LogP contribution in [0, 0.1) is 3.57 Å². The molecular weight excluding hydrogens is 249 g/mol. The van der Waals surface area contributed by atoms with E-state index in [0.29, 0.717) is 0 Å². The Morgan fingerprint density at radius 2 is 1.91 bits per heavy atom. The highest BCUT2D eigenvalue weighted by Crippen LogP contribution is 2.12. The Bertz CT molecular complexity index is 240. The van der Waals surface area contributed by atoms with Gasteiger partial charge in [-0.2, -0.15) is 0 Å². The monoisotopic (exact) mass is 259 g/mol. The summed E-state index contributed by atoms with van der Waals surface area (Å²) in [6, 6.07) is 8.09. The first kappa shape index (κ1) is 8.74. The third-order valence-corrected chi connectivity index (χ3v) is 2.23. The standard InChI is InChI=1S/C9H10IN/c1-2-9(11)7-3-5-8(10)6-4-7/h2-6,9H,1,11H2/t9-/m0/s1. The summed E-state index contributed by atoms with van der Waals surface area (Å²) in [7, 11) is 0. The van der Waals surface area contributed by atoms with Crippen molar-refractivity contribution in [3.63, 3.8) is 0 Å². The molecule has 0 aliphatic heterocycles. The molecule has 1 aromatic carbocycles. The van der Waals surface area contributed by atoms with E-state index in [1.165, 1.54) is 3.57 Å². The van der Waals surface area contributed by atoms with E-state index >= 15 is 0 Å². The van der Waals surface area contributed by atoms with Crippen LogP contribution in [-0.4, -0.2) is 0 Å². The van der Waals surface area contributed by atoms with Crippen LogP contribution in [0.4, 0.5) is 0 Å². The van der Waals surface area contributed by atoms with Crippen LogP contribution in [0.3, 0.4) is 0 Å². The fraction of sp³-hybridized carbons (Fsp3) is 0.111. The molecule has 2 N–H and O–H groups in total. The van der Waals surface area contributed by atoms with Crippen molar-refractivity contribution in [2.24, 2.45) is 5.73 Å². The van der Waals surface area contributed by atoms with Gasteiger partial charge in [0.15, 0.2) is 0 Å². The van der Waals surface area contributed by atoms with Crippen LogP contribution >= 0.6 is 22.6 Å². The van der Waals surface area contributed by atoms with Crippen LogP contribution in [0.5, 0.6) is 0 Å². The van der Waals surface area contributed by atoms with Crippen molar-refractivity contribution < 1.29 is 0 Å². The van der Waals surface area contributed by atoms with Crippen molar-refractivity contribution >= 4 is 22.6 Å². The fourth-order valence-corrected chi connectivity index (χ4v) is 1.18. The SMILES string of the molecule is C=C[C@H](N)c1ccc(I)cc1. The van der Waals surface area contributed by atoms with Crippen molar-refractivity contribution in [1.29, 1.82) is 0 Å². The van der Waals surface area contributed by atoms with Crippen molar-refractivity contribution in [3.05, 3.63) is 46.1 Å². The summed E-state index contributed by atoms with van der Waals surface area (Å²) in [5.41, 5.74) is 6.84. The second-order valence-corrected chi connectivity index (χ2v) is 3.56. The molecule has 0 heterocycles. The molecule has 1 atom stereocenters. The Kier molecular flexibility index (Phi) is 3.08. The third-order valence-electron chi connectivity index (χ3n) is 1.51. The molecule has 11 heavy (non-hydrogen) atoms. The lowest BCUT2D eigenvalue weighted by molar-refractivity contribution is 0.914. The molecule has 0 bridgehead atoms. The summed E-state index contributed by atoms with van der Waals surface area (Å²) >= 11 is 2.27. The van der Waals surface area contributed by atoms with Gasteiger partial charge in [0.1, 0.15) is 0 Å².